The molecule has 0 bridgehead atoms. The van der Waals surface area contributed by atoms with Gasteiger partial charge in [-0.05, 0) is 12.1 Å². The molecule has 0 aliphatic carbocycles. The number of aryl methyl sites for hydroxylation is 1. The Morgan fingerprint density at radius 1 is 1.38 bits per heavy atom. The molecule has 0 radical (unpaired) electrons. The van der Waals surface area contributed by atoms with Crippen LogP contribution in [-0.4, -0.2) is 9.55 Å². The third-order valence-corrected chi connectivity index (χ3v) is 2.29. The molecule has 0 aliphatic rings. The summed E-state index contributed by atoms with van der Waals surface area (Å²) in [6, 6.07) is 3.43. The molecule has 0 unspecified atom stereocenters. The number of hydrogen-bond donors (Lipinski definition) is 1. The Morgan fingerprint density at radius 2 is 2.19 bits per heavy atom. The molecule has 1 aromatic carbocycles. The minimum atomic E-state index is -0.603. The zero-order chi connectivity index (χ0) is 11.5. The number of hydrogen-bond acceptors (Lipinski definition) is 2. The van der Waals surface area contributed by atoms with E-state index in [1.807, 2.05) is 11.6 Å². The molecule has 5 heteroatoms. The van der Waals surface area contributed by atoms with Crippen LogP contribution >= 0.6 is 0 Å². The van der Waals surface area contributed by atoms with E-state index in [0.717, 1.165) is 11.9 Å². The fourth-order valence-electron chi connectivity index (χ4n) is 1.37. The maximum atomic E-state index is 13.2. The number of imidazole rings is 1. The van der Waals surface area contributed by atoms with Gasteiger partial charge in [0.2, 0.25) is 0 Å². The summed E-state index contributed by atoms with van der Waals surface area (Å²) < 4.78 is 27.7. The molecule has 84 valence electrons. The number of rotatable bonds is 3. The smallest absolute Gasteiger partial charge is 0.149 e. The van der Waals surface area contributed by atoms with Gasteiger partial charge >= 0.3 is 0 Å². The van der Waals surface area contributed by atoms with Crippen molar-refractivity contribution < 1.29 is 8.78 Å². The lowest BCUT2D eigenvalue weighted by Crippen LogP contribution is -2.06. The minimum Gasteiger partial charge on any atom is -0.375 e. The number of anilines is 1. The monoisotopic (exact) mass is 223 g/mol. The maximum Gasteiger partial charge on any atom is 0.149 e. The Hall–Kier alpha value is -1.91. The lowest BCUT2D eigenvalue weighted by atomic mass is 10.3. The Morgan fingerprint density at radius 3 is 2.81 bits per heavy atom. The molecule has 0 saturated carbocycles. The third-order valence-electron chi connectivity index (χ3n) is 2.29. The zero-order valence-corrected chi connectivity index (χ0v) is 8.74. The summed E-state index contributed by atoms with van der Waals surface area (Å²) in [6.45, 7) is 0.395. The van der Waals surface area contributed by atoms with E-state index in [1.165, 1.54) is 12.1 Å². The topological polar surface area (TPSA) is 29.9 Å². The molecule has 0 fully saturated rings. The summed E-state index contributed by atoms with van der Waals surface area (Å²) in [7, 11) is 1.85. The summed E-state index contributed by atoms with van der Waals surface area (Å²) in [5, 5.41) is 2.86. The Balaban J connectivity index is 2.08. The van der Waals surface area contributed by atoms with Crippen LogP contribution in [0.25, 0.3) is 0 Å². The first-order valence-corrected chi connectivity index (χ1v) is 4.82. The van der Waals surface area contributed by atoms with E-state index < -0.39 is 11.6 Å². The van der Waals surface area contributed by atoms with E-state index in [-0.39, 0.29) is 5.69 Å². The van der Waals surface area contributed by atoms with Gasteiger partial charge in [0.25, 0.3) is 0 Å². The second-order valence-corrected chi connectivity index (χ2v) is 3.43. The number of nitrogens with one attached hydrogen (secondary N) is 1. The Bertz CT molecular complexity index is 494. The molecule has 3 nitrogen and oxygen atoms in total. The SMILES string of the molecule is Cn1ccnc1CNc1ccc(F)cc1F. The highest BCUT2D eigenvalue weighted by Gasteiger charge is 2.04. The van der Waals surface area contributed by atoms with Gasteiger partial charge in [-0.2, -0.15) is 0 Å². The first-order valence-electron chi connectivity index (χ1n) is 4.82. The largest absolute Gasteiger partial charge is 0.375 e. The molecule has 2 aromatic rings. The average molecular weight is 223 g/mol. The van der Waals surface area contributed by atoms with Gasteiger partial charge in [-0.25, -0.2) is 13.8 Å². The minimum absolute atomic E-state index is 0.268. The molecular formula is C11H11F2N3. The van der Waals surface area contributed by atoms with Crippen LogP contribution in [0.15, 0.2) is 30.6 Å². The van der Waals surface area contributed by atoms with Crippen molar-refractivity contribution in [2.24, 2.45) is 7.05 Å². The second kappa shape index (κ2) is 4.30. The molecule has 16 heavy (non-hydrogen) atoms. The van der Waals surface area contributed by atoms with Crippen LogP contribution < -0.4 is 5.32 Å². The number of nitrogens with zero attached hydrogens (tertiary/aromatic N) is 2. The molecule has 0 amide bonds. The van der Waals surface area contributed by atoms with Gasteiger partial charge in [0.15, 0.2) is 0 Å². The average Bonchev–Trinajstić information content (AvgIpc) is 2.63. The van der Waals surface area contributed by atoms with Gasteiger partial charge in [-0.1, -0.05) is 0 Å². The molecule has 2 rings (SSSR count). The van der Waals surface area contributed by atoms with E-state index in [2.05, 4.69) is 10.3 Å². The van der Waals surface area contributed by atoms with Crippen LogP contribution in [0.2, 0.25) is 0 Å². The fraction of sp³-hybridized carbons (Fsp3) is 0.182. The lowest BCUT2D eigenvalue weighted by Gasteiger charge is -2.07. The summed E-state index contributed by atoms with van der Waals surface area (Å²) in [4.78, 5) is 4.08. The van der Waals surface area contributed by atoms with E-state index in [4.69, 9.17) is 0 Å². The Kier molecular flexibility index (Phi) is 2.85. The predicted octanol–water partition coefficient (Wildman–Crippen LogP) is 2.31. The van der Waals surface area contributed by atoms with Crippen molar-refractivity contribution in [1.82, 2.24) is 9.55 Å². The molecule has 0 saturated heterocycles. The van der Waals surface area contributed by atoms with Crippen LogP contribution in [-0.2, 0) is 13.6 Å². The molecule has 0 spiro atoms. The lowest BCUT2D eigenvalue weighted by molar-refractivity contribution is 0.584. The summed E-state index contributed by atoms with van der Waals surface area (Å²) in [6.07, 6.45) is 3.47. The molecular weight excluding hydrogens is 212 g/mol. The van der Waals surface area contributed by atoms with Gasteiger partial charge in [0, 0.05) is 25.5 Å². The summed E-state index contributed by atoms with van der Waals surface area (Å²) in [5.41, 5.74) is 0.268. The fourth-order valence-corrected chi connectivity index (χ4v) is 1.37. The molecule has 0 aliphatic heterocycles. The highest BCUT2D eigenvalue weighted by molar-refractivity contribution is 5.44. The van der Waals surface area contributed by atoms with E-state index in [9.17, 15) is 8.78 Å². The van der Waals surface area contributed by atoms with Crippen molar-refractivity contribution in [1.29, 1.82) is 0 Å². The van der Waals surface area contributed by atoms with Crippen LogP contribution in [0.1, 0.15) is 5.82 Å². The predicted molar refractivity (Wildman–Crippen MR) is 56.9 cm³/mol. The first kappa shape index (κ1) is 10.6. The normalized spacial score (nSPS) is 10.4. The third kappa shape index (κ3) is 2.18. The highest BCUT2D eigenvalue weighted by atomic mass is 19.1. The molecule has 1 heterocycles. The van der Waals surface area contributed by atoms with Crippen LogP contribution in [0.5, 0.6) is 0 Å². The molecule has 1 N–H and O–H groups in total. The van der Waals surface area contributed by atoms with Gasteiger partial charge in [0.05, 0.1) is 12.2 Å². The van der Waals surface area contributed by atoms with Crippen molar-refractivity contribution in [2.45, 2.75) is 6.54 Å². The van der Waals surface area contributed by atoms with Gasteiger partial charge in [-0.15, -0.1) is 0 Å². The summed E-state index contributed by atoms with van der Waals surface area (Å²) in [5.74, 6) is -0.405. The highest BCUT2D eigenvalue weighted by Crippen LogP contribution is 2.15. The van der Waals surface area contributed by atoms with E-state index in [0.29, 0.717) is 6.54 Å². The van der Waals surface area contributed by atoms with Crippen LogP contribution in [0, 0.1) is 11.6 Å². The van der Waals surface area contributed by atoms with Crippen molar-refractivity contribution >= 4 is 5.69 Å². The van der Waals surface area contributed by atoms with Gasteiger partial charge in [-0.3, -0.25) is 0 Å². The van der Waals surface area contributed by atoms with Gasteiger partial charge < -0.3 is 9.88 Å². The van der Waals surface area contributed by atoms with E-state index >= 15 is 0 Å². The van der Waals surface area contributed by atoms with Crippen molar-refractivity contribution in [3.8, 4) is 0 Å². The second-order valence-electron chi connectivity index (χ2n) is 3.43. The van der Waals surface area contributed by atoms with Gasteiger partial charge in [0.1, 0.15) is 17.5 Å². The quantitative estimate of drug-likeness (QED) is 0.865. The van der Waals surface area contributed by atoms with Crippen molar-refractivity contribution in [3.05, 3.63) is 48.1 Å². The zero-order valence-electron chi connectivity index (χ0n) is 8.74. The number of aromatic nitrogens is 2. The van der Waals surface area contributed by atoms with E-state index in [1.54, 1.807) is 12.4 Å². The van der Waals surface area contributed by atoms with Crippen molar-refractivity contribution in [3.63, 3.8) is 0 Å². The number of halogens is 2. The van der Waals surface area contributed by atoms with Crippen LogP contribution in [0.4, 0.5) is 14.5 Å². The standard InChI is InChI=1S/C11H11F2N3/c1-16-5-4-14-11(16)7-15-10-3-2-8(12)6-9(10)13/h2-6,15H,7H2,1H3. The maximum absolute atomic E-state index is 13.2. The first-order chi connectivity index (χ1) is 7.66. The number of benzene rings is 1. The molecule has 0 atom stereocenters. The Labute approximate surface area is 91.7 Å². The van der Waals surface area contributed by atoms with Crippen molar-refractivity contribution in [2.75, 3.05) is 5.32 Å². The molecule has 1 aromatic heterocycles. The van der Waals surface area contributed by atoms with Crippen LogP contribution in [0.3, 0.4) is 0 Å². The summed E-state index contributed by atoms with van der Waals surface area (Å²) >= 11 is 0.